The molecule has 28 heavy (non-hydrogen) atoms. The second kappa shape index (κ2) is 5.85. The molecule has 0 aromatic rings. The van der Waals surface area contributed by atoms with E-state index in [0.29, 0.717) is 12.8 Å². The van der Waals surface area contributed by atoms with Gasteiger partial charge in [-0.3, -0.25) is 9.59 Å². The summed E-state index contributed by atoms with van der Waals surface area (Å²) in [6, 6.07) is 0. The van der Waals surface area contributed by atoms with E-state index in [0.717, 1.165) is 18.4 Å². The summed E-state index contributed by atoms with van der Waals surface area (Å²) in [4.78, 5) is 24.8. The van der Waals surface area contributed by atoms with Gasteiger partial charge in [0.15, 0.2) is 17.2 Å². The molecule has 5 rings (SSSR count). The Labute approximate surface area is 164 Å². The lowest BCUT2D eigenvalue weighted by Crippen LogP contribution is -2.63. The lowest BCUT2D eigenvalue weighted by Gasteiger charge is -2.59. The number of hydrogen-bond acceptors (Lipinski definition) is 6. The number of Topliss-reactive ketones (excluding diaryl/α,β-unsaturated/α-hetero) is 1. The monoisotopic (exact) mass is 388 g/mol. The van der Waals surface area contributed by atoms with Gasteiger partial charge in [0.1, 0.15) is 13.4 Å². The molecule has 1 heterocycles. The van der Waals surface area contributed by atoms with Crippen molar-refractivity contribution in [2.24, 2.45) is 28.6 Å². The van der Waals surface area contributed by atoms with Gasteiger partial charge >= 0.3 is 0 Å². The highest BCUT2D eigenvalue weighted by atomic mass is 16.7. The van der Waals surface area contributed by atoms with Gasteiger partial charge in [0.05, 0.1) is 12.2 Å². The van der Waals surface area contributed by atoms with Crippen LogP contribution in [0, 0.1) is 28.6 Å². The summed E-state index contributed by atoms with van der Waals surface area (Å²) in [5.41, 5.74) is -0.991. The number of allylic oxidation sites excluding steroid dienone is 4. The quantitative estimate of drug-likeness (QED) is 0.746. The van der Waals surface area contributed by atoms with Gasteiger partial charge in [0.2, 0.25) is 0 Å². The summed E-state index contributed by atoms with van der Waals surface area (Å²) in [6.45, 7) is 3.63. The molecule has 4 aliphatic carbocycles. The van der Waals surface area contributed by atoms with Crippen LogP contribution in [0.4, 0.5) is 0 Å². The molecule has 0 radical (unpaired) electrons. The maximum Gasteiger partial charge on any atom is 0.193 e. The van der Waals surface area contributed by atoms with Crippen molar-refractivity contribution in [3.63, 3.8) is 0 Å². The number of aliphatic hydroxyl groups excluding tert-OH is 2. The van der Waals surface area contributed by atoms with Gasteiger partial charge in [-0.2, -0.15) is 0 Å². The first-order chi connectivity index (χ1) is 13.3. The van der Waals surface area contributed by atoms with Crippen LogP contribution in [0.25, 0.3) is 0 Å². The number of ketones is 2. The van der Waals surface area contributed by atoms with E-state index in [4.69, 9.17) is 9.47 Å². The van der Waals surface area contributed by atoms with Gasteiger partial charge in [0.25, 0.3) is 0 Å². The second-order valence-electron chi connectivity index (χ2n) is 9.68. The molecule has 0 aromatic carbocycles. The molecule has 0 spiro atoms. The Morgan fingerprint density at radius 1 is 1.36 bits per heavy atom. The standard InChI is InChI=1S/C22H28O6/c1-20-6-5-13(24)7-12(20)3-4-14-15-8-18-22(17(26)10-23,28-11-27-18)21(15,2)9-16(25)19(14)20/h5-7,14-16,18-19,23,25H,3-4,8-11H2,1-2H3/t14-,15-,16-,18+,19?,20-,21-,22+/m0/s1. The fourth-order valence-electron chi connectivity index (χ4n) is 7.65. The minimum absolute atomic E-state index is 0.00460. The number of aliphatic hydroxyl groups is 2. The first-order valence-corrected chi connectivity index (χ1v) is 10.3. The normalized spacial score (nSPS) is 51.8. The summed E-state index contributed by atoms with van der Waals surface area (Å²) in [5, 5.41) is 21.0. The highest BCUT2D eigenvalue weighted by Gasteiger charge is 2.74. The van der Waals surface area contributed by atoms with Crippen molar-refractivity contribution < 1.29 is 29.3 Å². The molecule has 4 fully saturated rings. The molecule has 0 bridgehead atoms. The van der Waals surface area contributed by atoms with Crippen LogP contribution in [0.1, 0.15) is 39.5 Å². The molecule has 2 N–H and O–H groups in total. The maximum atomic E-state index is 12.9. The van der Waals surface area contributed by atoms with Crippen LogP contribution >= 0.6 is 0 Å². The van der Waals surface area contributed by atoms with E-state index < -0.39 is 23.7 Å². The topological polar surface area (TPSA) is 93.1 Å². The molecule has 8 atom stereocenters. The summed E-state index contributed by atoms with van der Waals surface area (Å²) in [7, 11) is 0. The first-order valence-electron chi connectivity index (χ1n) is 10.3. The number of fused-ring (bicyclic) bond motifs is 7. The van der Waals surface area contributed by atoms with E-state index in [1.807, 2.05) is 13.0 Å². The van der Waals surface area contributed by atoms with Crippen LogP contribution in [-0.2, 0) is 19.1 Å². The van der Waals surface area contributed by atoms with Crippen molar-refractivity contribution in [3.05, 3.63) is 23.8 Å². The predicted octanol–water partition coefficient (Wildman–Crippen LogP) is 1.55. The number of ether oxygens (including phenoxy) is 2. The Balaban J connectivity index is 1.59. The van der Waals surface area contributed by atoms with E-state index in [2.05, 4.69) is 6.92 Å². The molecule has 5 aliphatic rings. The van der Waals surface area contributed by atoms with Gasteiger partial charge < -0.3 is 19.7 Å². The Hall–Kier alpha value is -1.34. The highest BCUT2D eigenvalue weighted by Crippen LogP contribution is 2.69. The number of carbonyl (C=O) groups is 2. The fraction of sp³-hybridized carbons (Fsp3) is 0.727. The van der Waals surface area contributed by atoms with Crippen molar-refractivity contribution in [1.29, 1.82) is 0 Å². The van der Waals surface area contributed by atoms with Crippen LogP contribution in [0.3, 0.4) is 0 Å². The Morgan fingerprint density at radius 3 is 2.89 bits per heavy atom. The fourth-order valence-corrected chi connectivity index (χ4v) is 7.65. The summed E-state index contributed by atoms with van der Waals surface area (Å²) in [6.07, 6.45) is 7.17. The second-order valence-corrected chi connectivity index (χ2v) is 9.68. The molecule has 6 heteroatoms. The smallest absolute Gasteiger partial charge is 0.193 e. The van der Waals surface area contributed by atoms with Crippen LogP contribution < -0.4 is 0 Å². The average molecular weight is 388 g/mol. The van der Waals surface area contributed by atoms with Crippen molar-refractivity contribution in [2.75, 3.05) is 13.4 Å². The van der Waals surface area contributed by atoms with Crippen LogP contribution in [0.5, 0.6) is 0 Å². The van der Waals surface area contributed by atoms with Crippen molar-refractivity contribution >= 4 is 11.6 Å². The van der Waals surface area contributed by atoms with E-state index in [9.17, 15) is 19.8 Å². The highest BCUT2D eigenvalue weighted by molar-refractivity contribution is 6.01. The molecule has 6 nitrogen and oxygen atoms in total. The number of rotatable bonds is 2. The van der Waals surface area contributed by atoms with E-state index >= 15 is 0 Å². The minimum Gasteiger partial charge on any atom is -0.393 e. The van der Waals surface area contributed by atoms with Crippen molar-refractivity contribution in [2.45, 2.75) is 57.3 Å². The third-order valence-electron chi connectivity index (χ3n) is 8.77. The third kappa shape index (κ3) is 2.02. The van der Waals surface area contributed by atoms with Crippen molar-refractivity contribution in [3.8, 4) is 0 Å². The molecule has 1 aliphatic heterocycles. The summed E-state index contributed by atoms with van der Waals surface area (Å²) in [5.74, 6) is 0.0400. The molecule has 1 saturated heterocycles. The van der Waals surface area contributed by atoms with E-state index in [-0.39, 0.29) is 47.6 Å². The Morgan fingerprint density at radius 2 is 2.14 bits per heavy atom. The molecule has 0 aromatic heterocycles. The van der Waals surface area contributed by atoms with Gasteiger partial charge in [0, 0.05) is 16.7 Å². The van der Waals surface area contributed by atoms with Crippen molar-refractivity contribution in [1.82, 2.24) is 0 Å². The van der Waals surface area contributed by atoms with Crippen LogP contribution in [0.2, 0.25) is 0 Å². The van der Waals surface area contributed by atoms with Gasteiger partial charge in [-0.25, -0.2) is 0 Å². The number of hydrogen-bond donors (Lipinski definition) is 2. The lowest BCUT2D eigenvalue weighted by molar-refractivity contribution is -0.185. The largest absolute Gasteiger partial charge is 0.393 e. The van der Waals surface area contributed by atoms with Gasteiger partial charge in [-0.1, -0.05) is 25.5 Å². The summed E-state index contributed by atoms with van der Waals surface area (Å²) >= 11 is 0. The lowest BCUT2D eigenvalue weighted by atomic mass is 9.46. The maximum absolute atomic E-state index is 12.9. The Bertz CT molecular complexity index is 801. The van der Waals surface area contributed by atoms with Gasteiger partial charge in [-0.05, 0) is 49.7 Å². The molecule has 3 saturated carbocycles. The predicted molar refractivity (Wildman–Crippen MR) is 99.0 cm³/mol. The Kier molecular flexibility index (Phi) is 3.90. The number of carbonyl (C=O) groups excluding carboxylic acids is 2. The zero-order chi connectivity index (χ0) is 19.9. The average Bonchev–Trinajstić information content (AvgIpc) is 3.18. The zero-order valence-electron chi connectivity index (χ0n) is 16.4. The summed E-state index contributed by atoms with van der Waals surface area (Å²) < 4.78 is 11.8. The van der Waals surface area contributed by atoms with Crippen LogP contribution in [-0.4, -0.2) is 53.0 Å². The van der Waals surface area contributed by atoms with E-state index in [1.165, 1.54) is 0 Å². The third-order valence-corrected chi connectivity index (χ3v) is 8.77. The molecule has 152 valence electrons. The van der Waals surface area contributed by atoms with Crippen LogP contribution in [0.15, 0.2) is 23.8 Å². The van der Waals surface area contributed by atoms with Gasteiger partial charge in [-0.15, -0.1) is 0 Å². The molecule has 1 unspecified atom stereocenters. The SMILES string of the molecule is C[C@]12C=CC(=O)C=C1CC[C@@H]1C2[C@@H](O)C[C@@]2(C)[C@H]1C[C@H]1OCO[C@]12C(=O)CO. The molecular formula is C22H28O6. The minimum atomic E-state index is -1.17. The first kappa shape index (κ1) is 18.7. The zero-order valence-corrected chi connectivity index (χ0v) is 16.4. The van der Waals surface area contributed by atoms with E-state index in [1.54, 1.807) is 12.2 Å². The molecule has 0 amide bonds. The molecular weight excluding hydrogens is 360 g/mol.